The summed E-state index contributed by atoms with van der Waals surface area (Å²) in [5.41, 5.74) is 0.216. The third-order valence-corrected chi connectivity index (χ3v) is 3.21. The van der Waals surface area contributed by atoms with Crippen LogP contribution in [0.5, 0.6) is 0 Å². The van der Waals surface area contributed by atoms with E-state index in [1.54, 1.807) is 6.20 Å². The maximum atomic E-state index is 12.5. The van der Waals surface area contributed by atoms with Crippen LogP contribution in [0.25, 0.3) is 5.69 Å². The summed E-state index contributed by atoms with van der Waals surface area (Å²) in [6.07, 6.45) is -2.81. The van der Waals surface area contributed by atoms with Gasteiger partial charge in [-0.1, -0.05) is 32.7 Å². The molecule has 3 nitrogen and oxygen atoms in total. The first-order valence-electron chi connectivity index (χ1n) is 5.22. The summed E-state index contributed by atoms with van der Waals surface area (Å²) in [6, 6.07) is 3.10. The first kappa shape index (κ1) is 14.3. The highest BCUT2D eigenvalue weighted by atomic mass is 79.9. The third-order valence-electron chi connectivity index (χ3n) is 2.44. The van der Waals surface area contributed by atoms with Crippen molar-refractivity contribution in [1.29, 1.82) is 0 Å². The van der Waals surface area contributed by atoms with Gasteiger partial charge in [0.25, 0.3) is 0 Å². The second-order valence-electron chi connectivity index (χ2n) is 3.87. The minimum absolute atomic E-state index is 0.00512. The highest BCUT2D eigenvalue weighted by Gasteiger charge is 2.31. The Morgan fingerprint density at radius 2 is 2.05 bits per heavy atom. The second kappa shape index (κ2) is 5.13. The summed E-state index contributed by atoms with van der Waals surface area (Å²) >= 11 is 9.19. The number of benzene rings is 1. The molecule has 0 aliphatic rings. The molecule has 0 amide bonds. The van der Waals surface area contributed by atoms with Crippen molar-refractivity contribution < 1.29 is 13.2 Å². The average molecular weight is 355 g/mol. The molecule has 0 fully saturated rings. The van der Waals surface area contributed by atoms with Crippen molar-refractivity contribution in [3.05, 3.63) is 40.7 Å². The summed E-state index contributed by atoms with van der Waals surface area (Å²) in [7, 11) is 0. The van der Waals surface area contributed by atoms with Gasteiger partial charge in [-0.25, -0.2) is 4.68 Å². The molecule has 19 heavy (non-hydrogen) atoms. The number of hydrogen-bond donors (Lipinski definition) is 0. The Hall–Kier alpha value is -1.08. The Bertz CT molecular complexity index is 595. The van der Waals surface area contributed by atoms with Gasteiger partial charge in [0.15, 0.2) is 0 Å². The molecule has 1 atom stereocenters. The van der Waals surface area contributed by atoms with Crippen LogP contribution >= 0.6 is 27.5 Å². The minimum atomic E-state index is -4.42. The van der Waals surface area contributed by atoms with E-state index in [1.807, 2.05) is 6.92 Å². The van der Waals surface area contributed by atoms with E-state index in [1.165, 1.54) is 10.7 Å². The van der Waals surface area contributed by atoms with Crippen LogP contribution in [0.1, 0.15) is 23.0 Å². The lowest BCUT2D eigenvalue weighted by atomic mass is 10.2. The van der Waals surface area contributed by atoms with Crippen molar-refractivity contribution in [2.24, 2.45) is 0 Å². The number of alkyl halides is 4. The van der Waals surface area contributed by atoms with E-state index in [0.717, 1.165) is 12.1 Å². The molecule has 1 unspecified atom stereocenters. The Kier molecular flexibility index (Phi) is 3.87. The molecule has 0 saturated carbocycles. The maximum absolute atomic E-state index is 12.5. The Balaban J connectivity index is 2.40. The standard InChI is InChI=1S/C11H8BrClF3N3/c1-6(12)9-5-19(18-17-9)10-3-2-7(4-8(10)13)11(14,15)16/h2-6H,1H3. The van der Waals surface area contributed by atoms with Crippen molar-refractivity contribution in [2.75, 3.05) is 0 Å². The molecule has 2 aromatic rings. The van der Waals surface area contributed by atoms with E-state index < -0.39 is 11.7 Å². The smallest absolute Gasteiger partial charge is 0.219 e. The largest absolute Gasteiger partial charge is 0.416 e. The Morgan fingerprint density at radius 1 is 1.37 bits per heavy atom. The quantitative estimate of drug-likeness (QED) is 0.749. The first-order valence-corrected chi connectivity index (χ1v) is 6.52. The SMILES string of the molecule is CC(Br)c1cn(-c2ccc(C(F)(F)F)cc2Cl)nn1. The third kappa shape index (κ3) is 3.09. The first-order chi connectivity index (χ1) is 8.79. The van der Waals surface area contributed by atoms with Crippen LogP contribution < -0.4 is 0 Å². The lowest BCUT2D eigenvalue weighted by molar-refractivity contribution is -0.137. The number of aromatic nitrogens is 3. The molecule has 1 aromatic carbocycles. The molecule has 102 valence electrons. The van der Waals surface area contributed by atoms with Gasteiger partial charge in [0.2, 0.25) is 0 Å². The number of hydrogen-bond acceptors (Lipinski definition) is 2. The summed E-state index contributed by atoms with van der Waals surface area (Å²) in [4.78, 5) is -0.00512. The van der Waals surface area contributed by atoms with Crippen LogP contribution in [0.4, 0.5) is 13.2 Å². The molecular weight excluding hydrogens is 346 g/mol. The Morgan fingerprint density at radius 3 is 2.53 bits per heavy atom. The van der Waals surface area contributed by atoms with Gasteiger partial charge in [-0.3, -0.25) is 0 Å². The van der Waals surface area contributed by atoms with Crippen molar-refractivity contribution in [1.82, 2.24) is 15.0 Å². The van der Waals surface area contributed by atoms with Crippen LogP contribution in [0.2, 0.25) is 5.02 Å². The predicted molar refractivity (Wildman–Crippen MR) is 68.7 cm³/mol. The summed E-state index contributed by atoms with van der Waals surface area (Å²) in [5, 5.41) is 7.69. The molecule has 1 aromatic heterocycles. The summed E-state index contributed by atoms with van der Waals surface area (Å²) in [5.74, 6) is 0. The molecule has 0 aliphatic carbocycles. The zero-order chi connectivity index (χ0) is 14.2. The van der Waals surface area contributed by atoms with Gasteiger partial charge in [-0.2, -0.15) is 13.2 Å². The van der Waals surface area contributed by atoms with E-state index in [9.17, 15) is 13.2 Å². The van der Waals surface area contributed by atoms with E-state index in [2.05, 4.69) is 26.2 Å². The normalized spacial score (nSPS) is 13.6. The van der Waals surface area contributed by atoms with Crippen LogP contribution in [0.3, 0.4) is 0 Å². The number of nitrogens with zero attached hydrogens (tertiary/aromatic N) is 3. The van der Waals surface area contributed by atoms with E-state index in [4.69, 9.17) is 11.6 Å². The van der Waals surface area contributed by atoms with Gasteiger partial charge in [0.05, 0.1) is 33.0 Å². The number of rotatable bonds is 2. The van der Waals surface area contributed by atoms with Gasteiger partial charge in [0, 0.05) is 0 Å². The lowest BCUT2D eigenvalue weighted by Crippen LogP contribution is -2.06. The molecule has 0 radical (unpaired) electrons. The van der Waals surface area contributed by atoms with E-state index in [0.29, 0.717) is 11.4 Å². The van der Waals surface area contributed by atoms with Gasteiger partial charge in [-0.15, -0.1) is 5.10 Å². The van der Waals surface area contributed by atoms with Gasteiger partial charge < -0.3 is 0 Å². The minimum Gasteiger partial charge on any atom is -0.219 e. The Labute approximate surface area is 120 Å². The monoisotopic (exact) mass is 353 g/mol. The summed E-state index contributed by atoms with van der Waals surface area (Å²) < 4.78 is 38.9. The molecule has 0 aliphatic heterocycles. The zero-order valence-electron chi connectivity index (χ0n) is 9.62. The molecule has 8 heteroatoms. The van der Waals surface area contributed by atoms with Crippen molar-refractivity contribution in [3.8, 4) is 5.69 Å². The second-order valence-corrected chi connectivity index (χ2v) is 5.65. The van der Waals surface area contributed by atoms with Crippen molar-refractivity contribution in [3.63, 3.8) is 0 Å². The fraction of sp³-hybridized carbons (Fsp3) is 0.273. The van der Waals surface area contributed by atoms with E-state index >= 15 is 0 Å². The molecule has 0 bridgehead atoms. The molecule has 0 saturated heterocycles. The van der Waals surface area contributed by atoms with E-state index in [-0.39, 0.29) is 9.85 Å². The fourth-order valence-electron chi connectivity index (χ4n) is 1.45. The predicted octanol–water partition coefficient (Wildman–Crippen LogP) is 4.40. The van der Waals surface area contributed by atoms with Crippen molar-refractivity contribution >= 4 is 27.5 Å². The highest BCUT2D eigenvalue weighted by Crippen LogP contribution is 2.33. The molecular formula is C11H8BrClF3N3. The summed E-state index contributed by atoms with van der Waals surface area (Å²) in [6.45, 7) is 1.86. The lowest BCUT2D eigenvalue weighted by Gasteiger charge is -2.09. The van der Waals surface area contributed by atoms with Crippen LogP contribution in [0, 0.1) is 0 Å². The van der Waals surface area contributed by atoms with Crippen molar-refractivity contribution in [2.45, 2.75) is 17.9 Å². The maximum Gasteiger partial charge on any atom is 0.416 e. The van der Waals surface area contributed by atoms with Gasteiger partial charge >= 0.3 is 6.18 Å². The molecule has 0 spiro atoms. The average Bonchev–Trinajstić information content (AvgIpc) is 2.76. The fourth-order valence-corrected chi connectivity index (χ4v) is 1.92. The molecule has 0 N–H and O–H groups in total. The van der Waals surface area contributed by atoms with Crippen LogP contribution in [0.15, 0.2) is 24.4 Å². The van der Waals surface area contributed by atoms with Crippen LogP contribution in [-0.4, -0.2) is 15.0 Å². The molecule has 2 rings (SSSR count). The van der Waals surface area contributed by atoms with Gasteiger partial charge in [0.1, 0.15) is 0 Å². The number of halogens is 5. The topological polar surface area (TPSA) is 30.7 Å². The van der Waals surface area contributed by atoms with Gasteiger partial charge in [-0.05, 0) is 25.1 Å². The highest BCUT2D eigenvalue weighted by molar-refractivity contribution is 9.09. The zero-order valence-corrected chi connectivity index (χ0v) is 12.0. The van der Waals surface area contributed by atoms with Crippen LogP contribution in [-0.2, 0) is 6.18 Å². The molecule has 1 heterocycles.